The SMILES string of the molecule is Nc1cncc(OC(F)F)c1[N+](=O)[O-]. The average molecular weight is 205 g/mol. The van der Waals surface area contributed by atoms with Crippen LogP contribution in [0.3, 0.4) is 0 Å². The molecule has 6 nitrogen and oxygen atoms in total. The molecule has 0 saturated heterocycles. The third kappa shape index (κ3) is 2.03. The number of hydrogen-bond acceptors (Lipinski definition) is 5. The highest BCUT2D eigenvalue weighted by Crippen LogP contribution is 2.32. The Bertz CT molecular complexity index is 358. The molecule has 1 heterocycles. The molecule has 76 valence electrons. The predicted octanol–water partition coefficient (Wildman–Crippen LogP) is 1.17. The molecule has 0 spiro atoms. The van der Waals surface area contributed by atoms with Gasteiger partial charge in [-0.25, -0.2) is 0 Å². The summed E-state index contributed by atoms with van der Waals surface area (Å²) in [6.07, 6.45) is 1.79. The topological polar surface area (TPSA) is 91.3 Å². The minimum Gasteiger partial charge on any atom is -0.426 e. The van der Waals surface area contributed by atoms with Gasteiger partial charge >= 0.3 is 12.3 Å². The van der Waals surface area contributed by atoms with E-state index in [4.69, 9.17) is 5.73 Å². The van der Waals surface area contributed by atoms with Crippen LogP contribution in [0.4, 0.5) is 20.2 Å². The standard InChI is InChI=1S/C6H5F2N3O3/c7-6(8)14-4-2-10-1-3(9)5(4)11(12)13/h1-2,6H,9H2. The lowest BCUT2D eigenvalue weighted by Gasteiger charge is -2.05. The fourth-order valence-corrected chi connectivity index (χ4v) is 0.827. The van der Waals surface area contributed by atoms with Crippen LogP contribution >= 0.6 is 0 Å². The summed E-state index contributed by atoms with van der Waals surface area (Å²) in [6, 6.07) is 0. The lowest BCUT2D eigenvalue weighted by atomic mass is 10.3. The van der Waals surface area contributed by atoms with E-state index in [1.807, 2.05) is 0 Å². The van der Waals surface area contributed by atoms with Gasteiger partial charge in [-0.15, -0.1) is 0 Å². The number of anilines is 1. The second kappa shape index (κ2) is 3.81. The number of halogens is 2. The highest BCUT2D eigenvalue weighted by atomic mass is 19.3. The summed E-state index contributed by atoms with van der Waals surface area (Å²) in [5, 5.41) is 10.4. The van der Waals surface area contributed by atoms with Crippen molar-refractivity contribution in [1.29, 1.82) is 0 Å². The van der Waals surface area contributed by atoms with Gasteiger partial charge < -0.3 is 10.5 Å². The van der Waals surface area contributed by atoms with Gasteiger partial charge in [0.25, 0.3) is 0 Å². The summed E-state index contributed by atoms with van der Waals surface area (Å²) in [6.45, 7) is -3.16. The van der Waals surface area contributed by atoms with E-state index in [2.05, 4.69) is 9.72 Å². The molecule has 0 aliphatic heterocycles. The van der Waals surface area contributed by atoms with Crippen LogP contribution in [0.2, 0.25) is 0 Å². The largest absolute Gasteiger partial charge is 0.426 e. The van der Waals surface area contributed by atoms with Crippen LogP contribution in [-0.2, 0) is 0 Å². The zero-order valence-corrected chi connectivity index (χ0v) is 6.68. The van der Waals surface area contributed by atoms with Crippen molar-refractivity contribution in [3.63, 3.8) is 0 Å². The summed E-state index contributed by atoms with van der Waals surface area (Å²) in [5.41, 5.74) is 4.14. The summed E-state index contributed by atoms with van der Waals surface area (Å²) < 4.78 is 27.4. The molecule has 0 aliphatic rings. The van der Waals surface area contributed by atoms with Gasteiger partial charge in [-0.1, -0.05) is 0 Å². The Balaban J connectivity index is 3.14. The summed E-state index contributed by atoms with van der Waals surface area (Å²) in [5.74, 6) is -0.648. The Morgan fingerprint density at radius 2 is 2.21 bits per heavy atom. The average Bonchev–Trinajstić information content (AvgIpc) is 2.01. The molecule has 8 heteroatoms. The molecule has 0 fully saturated rings. The van der Waals surface area contributed by atoms with Crippen LogP contribution in [0.1, 0.15) is 0 Å². The highest BCUT2D eigenvalue weighted by Gasteiger charge is 2.22. The van der Waals surface area contributed by atoms with E-state index in [-0.39, 0.29) is 5.69 Å². The molecule has 0 bridgehead atoms. The molecule has 0 unspecified atom stereocenters. The molecule has 0 aromatic carbocycles. The van der Waals surface area contributed by atoms with Crippen molar-refractivity contribution in [2.75, 3.05) is 5.73 Å². The summed E-state index contributed by atoms with van der Waals surface area (Å²) in [7, 11) is 0. The summed E-state index contributed by atoms with van der Waals surface area (Å²) in [4.78, 5) is 12.9. The number of ether oxygens (including phenoxy) is 1. The van der Waals surface area contributed by atoms with E-state index in [0.717, 1.165) is 12.4 Å². The maximum atomic E-state index is 11.8. The number of nitro groups is 1. The first-order valence-corrected chi connectivity index (χ1v) is 3.35. The normalized spacial score (nSPS) is 10.2. The minimum absolute atomic E-state index is 0.326. The first-order chi connectivity index (χ1) is 6.52. The number of hydrogen-bond donors (Lipinski definition) is 1. The first kappa shape index (κ1) is 10.1. The van der Waals surface area contributed by atoms with Crippen LogP contribution in [0, 0.1) is 10.1 Å². The van der Waals surface area contributed by atoms with Crippen molar-refractivity contribution in [2.24, 2.45) is 0 Å². The molecule has 14 heavy (non-hydrogen) atoms. The van der Waals surface area contributed by atoms with Gasteiger partial charge in [0, 0.05) is 0 Å². The third-order valence-corrected chi connectivity index (χ3v) is 1.31. The molecule has 0 amide bonds. The van der Waals surface area contributed by atoms with Crippen LogP contribution in [0.25, 0.3) is 0 Å². The van der Waals surface area contributed by atoms with Crippen molar-refractivity contribution < 1.29 is 18.4 Å². The monoisotopic (exact) mass is 205 g/mol. The van der Waals surface area contributed by atoms with E-state index in [9.17, 15) is 18.9 Å². The number of nitrogens with zero attached hydrogens (tertiary/aromatic N) is 2. The zero-order valence-electron chi connectivity index (χ0n) is 6.68. The molecule has 2 N–H and O–H groups in total. The molecule has 0 aliphatic carbocycles. The number of pyridine rings is 1. The zero-order chi connectivity index (χ0) is 10.7. The number of rotatable bonds is 3. The first-order valence-electron chi connectivity index (χ1n) is 3.35. The minimum atomic E-state index is -3.16. The fourth-order valence-electron chi connectivity index (χ4n) is 0.827. The number of aromatic nitrogens is 1. The van der Waals surface area contributed by atoms with Crippen molar-refractivity contribution >= 4 is 11.4 Å². The second-order valence-corrected chi connectivity index (χ2v) is 2.21. The number of alkyl halides is 2. The van der Waals surface area contributed by atoms with Crippen LogP contribution in [-0.4, -0.2) is 16.5 Å². The van der Waals surface area contributed by atoms with E-state index < -0.39 is 23.0 Å². The smallest absolute Gasteiger partial charge is 0.387 e. The van der Waals surface area contributed by atoms with Gasteiger partial charge in [0.05, 0.1) is 17.3 Å². The lowest BCUT2D eigenvalue weighted by Crippen LogP contribution is -2.06. The van der Waals surface area contributed by atoms with E-state index >= 15 is 0 Å². The Hall–Kier alpha value is -1.99. The van der Waals surface area contributed by atoms with Gasteiger partial charge in [-0.2, -0.15) is 8.78 Å². The Labute approximate surface area is 76.5 Å². The highest BCUT2D eigenvalue weighted by molar-refractivity contribution is 5.63. The number of nitrogens with two attached hydrogens (primary N) is 1. The lowest BCUT2D eigenvalue weighted by molar-refractivity contribution is -0.385. The maximum Gasteiger partial charge on any atom is 0.387 e. The van der Waals surface area contributed by atoms with Crippen molar-refractivity contribution in [3.05, 3.63) is 22.5 Å². The second-order valence-electron chi connectivity index (χ2n) is 2.21. The van der Waals surface area contributed by atoms with E-state index in [0.29, 0.717) is 0 Å². The Morgan fingerprint density at radius 1 is 1.57 bits per heavy atom. The van der Waals surface area contributed by atoms with Crippen LogP contribution in [0.15, 0.2) is 12.4 Å². The third-order valence-electron chi connectivity index (χ3n) is 1.31. The molecule has 1 rings (SSSR count). The van der Waals surface area contributed by atoms with Crippen LogP contribution < -0.4 is 10.5 Å². The van der Waals surface area contributed by atoms with E-state index in [1.165, 1.54) is 0 Å². The maximum absolute atomic E-state index is 11.8. The Morgan fingerprint density at radius 3 is 2.71 bits per heavy atom. The fraction of sp³-hybridized carbons (Fsp3) is 0.167. The predicted molar refractivity (Wildman–Crippen MR) is 41.9 cm³/mol. The van der Waals surface area contributed by atoms with Crippen molar-refractivity contribution in [3.8, 4) is 5.75 Å². The van der Waals surface area contributed by atoms with Gasteiger partial charge in [0.1, 0.15) is 5.69 Å². The molecule has 1 aromatic rings. The molecule has 1 aromatic heterocycles. The van der Waals surface area contributed by atoms with Gasteiger partial charge in [-0.3, -0.25) is 15.1 Å². The molecule has 0 saturated carbocycles. The van der Waals surface area contributed by atoms with Crippen LogP contribution in [0.5, 0.6) is 5.75 Å². The summed E-state index contributed by atoms with van der Waals surface area (Å²) >= 11 is 0. The number of nitrogen functional groups attached to an aromatic ring is 1. The quantitative estimate of drug-likeness (QED) is 0.590. The molecule has 0 atom stereocenters. The molecular formula is C6H5F2N3O3. The van der Waals surface area contributed by atoms with Crippen molar-refractivity contribution in [2.45, 2.75) is 6.61 Å². The Kier molecular flexibility index (Phi) is 2.75. The van der Waals surface area contributed by atoms with Gasteiger partial charge in [-0.05, 0) is 0 Å². The van der Waals surface area contributed by atoms with Gasteiger partial charge in [0.2, 0.25) is 5.75 Å². The van der Waals surface area contributed by atoms with Crippen molar-refractivity contribution in [1.82, 2.24) is 4.98 Å². The van der Waals surface area contributed by atoms with E-state index in [1.54, 1.807) is 0 Å². The molecule has 0 radical (unpaired) electrons. The molecular weight excluding hydrogens is 200 g/mol. The van der Waals surface area contributed by atoms with Gasteiger partial charge in [0.15, 0.2) is 0 Å².